The van der Waals surface area contributed by atoms with Crippen molar-refractivity contribution in [3.63, 3.8) is 0 Å². The third-order valence-electron chi connectivity index (χ3n) is 4.80. The van der Waals surface area contributed by atoms with Crippen molar-refractivity contribution in [3.8, 4) is 23.1 Å². The maximum atomic E-state index is 12.6. The standard InChI is InChI=1S/C24H17Cl2N5OS/c1-15-6-11-19(12-20(15)26)31-23(16-7-9-18(25)10-8-16)29-30-24(31)33-14-22(32)28-21-5-3-2-4-17(21)13-27/h2-12H,14H2,1H3,(H,28,32). The molecule has 6 nitrogen and oxygen atoms in total. The van der Waals surface area contributed by atoms with E-state index in [1.54, 1.807) is 36.4 Å². The van der Waals surface area contributed by atoms with Crippen LogP contribution in [0.2, 0.25) is 10.0 Å². The highest BCUT2D eigenvalue weighted by atomic mass is 35.5. The van der Waals surface area contributed by atoms with E-state index < -0.39 is 0 Å². The zero-order valence-electron chi connectivity index (χ0n) is 17.4. The molecule has 1 heterocycles. The fourth-order valence-corrected chi connectivity index (χ4v) is 4.16. The Hall–Kier alpha value is -3.31. The summed E-state index contributed by atoms with van der Waals surface area (Å²) >= 11 is 13.7. The van der Waals surface area contributed by atoms with Gasteiger partial charge in [-0.25, -0.2) is 0 Å². The summed E-state index contributed by atoms with van der Waals surface area (Å²) in [4.78, 5) is 12.6. The van der Waals surface area contributed by atoms with Crippen molar-refractivity contribution in [2.45, 2.75) is 12.1 Å². The van der Waals surface area contributed by atoms with Gasteiger partial charge in [-0.1, -0.05) is 53.2 Å². The molecular formula is C24H17Cl2N5OS. The van der Waals surface area contributed by atoms with E-state index in [2.05, 4.69) is 21.6 Å². The van der Waals surface area contributed by atoms with Gasteiger partial charge in [-0.3, -0.25) is 9.36 Å². The van der Waals surface area contributed by atoms with Gasteiger partial charge in [0, 0.05) is 15.6 Å². The molecule has 0 atom stereocenters. The minimum Gasteiger partial charge on any atom is -0.324 e. The number of para-hydroxylation sites is 1. The van der Waals surface area contributed by atoms with Gasteiger partial charge in [0.1, 0.15) is 6.07 Å². The van der Waals surface area contributed by atoms with Crippen LogP contribution in [0.4, 0.5) is 5.69 Å². The highest BCUT2D eigenvalue weighted by Crippen LogP contribution is 2.30. The third kappa shape index (κ3) is 5.20. The van der Waals surface area contributed by atoms with Crippen molar-refractivity contribution in [1.82, 2.24) is 14.8 Å². The molecule has 0 aliphatic rings. The van der Waals surface area contributed by atoms with Crippen LogP contribution in [0.3, 0.4) is 0 Å². The molecule has 0 radical (unpaired) electrons. The van der Waals surface area contributed by atoms with Crippen molar-refractivity contribution in [1.29, 1.82) is 5.26 Å². The van der Waals surface area contributed by atoms with Crippen LogP contribution in [-0.4, -0.2) is 26.4 Å². The number of carbonyl (C=O) groups is 1. The zero-order chi connectivity index (χ0) is 23.4. The Kier molecular flexibility index (Phi) is 6.99. The van der Waals surface area contributed by atoms with Gasteiger partial charge in [0.05, 0.1) is 22.7 Å². The van der Waals surface area contributed by atoms with E-state index >= 15 is 0 Å². The molecule has 0 fully saturated rings. The number of hydrogen-bond acceptors (Lipinski definition) is 5. The minimum atomic E-state index is -0.257. The molecule has 1 N–H and O–H groups in total. The van der Waals surface area contributed by atoms with E-state index in [1.807, 2.05) is 41.8 Å². The molecule has 164 valence electrons. The summed E-state index contributed by atoms with van der Waals surface area (Å²) in [6, 6.07) is 21.9. The number of nitriles is 1. The predicted octanol–water partition coefficient (Wildman–Crippen LogP) is 6.15. The molecular weight excluding hydrogens is 477 g/mol. The first-order valence-corrected chi connectivity index (χ1v) is 11.6. The number of nitrogens with one attached hydrogen (secondary N) is 1. The lowest BCUT2D eigenvalue weighted by Crippen LogP contribution is -2.15. The van der Waals surface area contributed by atoms with Gasteiger partial charge in [0.15, 0.2) is 11.0 Å². The molecule has 3 aromatic carbocycles. The van der Waals surface area contributed by atoms with Gasteiger partial charge >= 0.3 is 0 Å². The van der Waals surface area contributed by atoms with Gasteiger partial charge in [0.25, 0.3) is 0 Å². The summed E-state index contributed by atoms with van der Waals surface area (Å²) in [6.07, 6.45) is 0. The number of halogens is 2. The molecule has 0 unspecified atom stereocenters. The maximum Gasteiger partial charge on any atom is 0.234 e. The Labute approximate surface area is 205 Å². The predicted molar refractivity (Wildman–Crippen MR) is 132 cm³/mol. The number of benzene rings is 3. The molecule has 0 aliphatic heterocycles. The van der Waals surface area contributed by atoms with Gasteiger partial charge in [-0.05, 0) is 61.0 Å². The average molecular weight is 494 g/mol. The first-order chi connectivity index (χ1) is 16.0. The Bertz CT molecular complexity index is 1360. The van der Waals surface area contributed by atoms with Crippen molar-refractivity contribution in [2.75, 3.05) is 11.1 Å². The number of nitrogens with zero attached hydrogens (tertiary/aromatic N) is 4. The van der Waals surface area contributed by atoms with Crippen molar-refractivity contribution >= 4 is 46.6 Å². The molecule has 9 heteroatoms. The van der Waals surface area contributed by atoms with E-state index in [0.29, 0.717) is 32.3 Å². The Morgan fingerprint density at radius 3 is 2.58 bits per heavy atom. The molecule has 0 saturated heterocycles. The fourth-order valence-electron chi connectivity index (χ4n) is 3.11. The average Bonchev–Trinajstić information content (AvgIpc) is 3.24. The van der Waals surface area contributed by atoms with Gasteiger partial charge < -0.3 is 5.32 Å². The summed E-state index contributed by atoms with van der Waals surface area (Å²) in [6.45, 7) is 1.93. The Morgan fingerprint density at radius 1 is 1.09 bits per heavy atom. The zero-order valence-corrected chi connectivity index (χ0v) is 19.7. The second-order valence-corrected chi connectivity index (χ2v) is 8.86. The molecule has 0 aliphatic carbocycles. The minimum absolute atomic E-state index is 0.0815. The highest BCUT2D eigenvalue weighted by Gasteiger charge is 2.18. The molecule has 4 aromatic rings. The summed E-state index contributed by atoms with van der Waals surface area (Å²) in [5.41, 5.74) is 3.42. The number of carbonyl (C=O) groups excluding carboxylic acids is 1. The number of amides is 1. The number of thioether (sulfide) groups is 1. The lowest BCUT2D eigenvalue weighted by atomic mass is 10.2. The number of aryl methyl sites for hydroxylation is 1. The second-order valence-electron chi connectivity index (χ2n) is 7.08. The summed E-state index contributed by atoms with van der Waals surface area (Å²) in [7, 11) is 0. The lowest BCUT2D eigenvalue weighted by Gasteiger charge is -2.12. The first-order valence-electron chi connectivity index (χ1n) is 9.86. The summed E-state index contributed by atoms with van der Waals surface area (Å²) in [5.74, 6) is 0.425. The topological polar surface area (TPSA) is 83.6 Å². The normalized spacial score (nSPS) is 10.6. The van der Waals surface area contributed by atoms with Crippen LogP contribution in [0.5, 0.6) is 0 Å². The number of aromatic nitrogens is 3. The van der Waals surface area contributed by atoms with E-state index in [4.69, 9.17) is 23.2 Å². The molecule has 1 amide bonds. The molecule has 0 bridgehead atoms. The van der Waals surface area contributed by atoms with Crippen molar-refractivity contribution in [2.24, 2.45) is 0 Å². The summed E-state index contributed by atoms with van der Waals surface area (Å²) in [5, 5.41) is 22.5. The van der Waals surface area contributed by atoms with Crippen LogP contribution < -0.4 is 5.32 Å². The SMILES string of the molecule is Cc1ccc(-n2c(SCC(=O)Nc3ccccc3C#N)nnc2-c2ccc(Cl)cc2)cc1Cl. The fraction of sp³-hybridized carbons (Fsp3) is 0.0833. The second kappa shape index (κ2) is 10.1. The Balaban J connectivity index is 1.64. The quantitative estimate of drug-likeness (QED) is 0.325. The van der Waals surface area contributed by atoms with Crippen LogP contribution in [0.1, 0.15) is 11.1 Å². The van der Waals surface area contributed by atoms with Crippen LogP contribution in [0, 0.1) is 18.3 Å². The largest absolute Gasteiger partial charge is 0.324 e. The molecule has 1 aromatic heterocycles. The summed E-state index contributed by atoms with van der Waals surface area (Å²) < 4.78 is 1.86. The molecule has 0 saturated carbocycles. The van der Waals surface area contributed by atoms with E-state index in [0.717, 1.165) is 16.8 Å². The first kappa shape index (κ1) is 22.9. The Morgan fingerprint density at radius 2 is 1.85 bits per heavy atom. The van der Waals surface area contributed by atoms with E-state index in [-0.39, 0.29) is 11.7 Å². The third-order valence-corrected chi connectivity index (χ3v) is 6.39. The van der Waals surface area contributed by atoms with Gasteiger partial charge in [-0.15, -0.1) is 10.2 Å². The van der Waals surface area contributed by atoms with E-state index in [9.17, 15) is 10.1 Å². The number of rotatable bonds is 6. The van der Waals surface area contributed by atoms with Crippen LogP contribution in [0.25, 0.3) is 17.1 Å². The molecule has 0 spiro atoms. The number of hydrogen-bond donors (Lipinski definition) is 1. The van der Waals surface area contributed by atoms with Crippen LogP contribution in [0.15, 0.2) is 71.9 Å². The molecule has 33 heavy (non-hydrogen) atoms. The van der Waals surface area contributed by atoms with Gasteiger partial charge in [0.2, 0.25) is 5.91 Å². The smallest absolute Gasteiger partial charge is 0.234 e. The highest BCUT2D eigenvalue weighted by molar-refractivity contribution is 7.99. The monoisotopic (exact) mass is 493 g/mol. The lowest BCUT2D eigenvalue weighted by molar-refractivity contribution is -0.113. The number of anilines is 1. The van der Waals surface area contributed by atoms with Gasteiger partial charge in [-0.2, -0.15) is 5.26 Å². The molecule has 4 rings (SSSR count). The van der Waals surface area contributed by atoms with Crippen molar-refractivity contribution in [3.05, 3.63) is 87.9 Å². The van der Waals surface area contributed by atoms with Crippen LogP contribution in [-0.2, 0) is 4.79 Å². The van der Waals surface area contributed by atoms with E-state index in [1.165, 1.54) is 11.8 Å². The van der Waals surface area contributed by atoms with Crippen LogP contribution >= 0.6 is 35.0 Å². The van der Waals surface area contributed by atoms with Crippen molar-refractivity contribution < 1.29 is 4.79 Å². The maximum absolute atomic E-state index is 12.6.